The summed E-state index contributed by atoms with van der Waals surface area (Å²) in [5.74, 6) is 0. The van der Waals surface area contributed by atoms with Crippen LogP contribution in [0.3, 0.4) is 0 Å². The zero-order valence-electron chi connectivity index (χ0n) is 10.5. The summed E-state index contributed by atoms with van der Waals surface area (Å²) in [6, 6.07) is 8.50. The minimum Gasteiger partial charge on any atom is -0.330 e. The largest absolute Gasteiger partial charge is 0.330 e. The summed E-state index contributed by atoms with van der Waals surface area (Å²) in [6.07, 6.45) is 2.87. The van der Waals surface area contributed by atoms with Gasteiger partial charge in [-0.25, -0.2) is 0 Å². The van der Waals surface area contributed by atoms with Crippen LogP contribution in [0.1, 0.15) is 5.69 Å². The molecule has 2 aromatic rings. The van der Waals surface area contributed by atoms with Crippen LogP contribution < -0.4 is 5.73 Å². The van der Waals surface area contributed by atoms with E-state index in [0.29, 0.717) is 6.54 Å². The van der Waals surface area contributed by atoms with Gasteiger partial charge >= 0.3 is 0 Å². The van der Waals surface area contributed by atoms with Crippen LogP contribution >= 0.6 is 27.7 Å². The van der Waals surface area contributed by atoms with Gasteiger partial charge in [-0.05, 0) is 40.9 Å². The monoisotopic (exact) mass is 325 g/mol. The van der Waals surface area contributed by atoms with Crippen molar-refractivity contribution >= 4 is 27.7 Å². The fourth-order valence-electron chi connectivity index (χ4n) is 1.91. The quantitative estimate of drug-likeness (QED) is 0.878. The van der Waals surface area contributed by atoms with Crippen LogP contribution in [0.4, 0.5) is 0 Å². The third-order valence-electron chi connectivity index (χ3n) is 2.80. The van der Waals surface area contributed by atoms with Crippen molar-refractivity contribution in [3.8, 4) is 11.3 Å². The van der Waals surface area contributed by atoms with Crippen molar-refractivity contribution in [3.05, 3.63) is 34.4 Å². The number of nitrogens with zero attached hydrogens (tertiary/aromatic N) is 2. The van der Waals surface area contributed by atoms with Gasteiger partial charge in [-0.2, -0.15) is 5.10 Å². The molecule has 0 aliphatic heterocycles. The summed E-state index contributed by atoms with van der Waals surface area (Å²) in [4.78, 5) is 1.26. The molecule has 0 saturated carbocycles. The van der Waals surface area contributed by atoms with Crippen molar-refractivity contribution in [1.82, 2.24) is 9.78 Å². The summed E-state index contributed by atoms with van der Waals surface area (Å²) >= 11 is 5.38. The molecule has 2 N–H and O–H groups in total. The van der Waals surface area contributed by atoms with Crippen molar-refractivity contribution in [1.29, 1.82) is 0 Å². The lowest BCUT2D eigenvalue weighted by Gasteiger charge is -2.04. The van der Waals surface area contributed by atoms with Gasteiger partial charge in [0.05, 0.1) is 15.9 Å². The van der Waals surface area contributed by atoms with E-state index in [1.807, 2.05) is 11.7 Å². The average Bonchev–Trinajstić information content (AvgIpc) is 2.65. The number of rotatable bonds is 4. The molecule has 96 valence electrons. The molecule has 3 nitrogen and oxygen atoms in total. The Morgan fingerprint density at radius 2 is 2.00 bits per heavy atom. The van der Waals surface area contributed by atoms with E-state index in [2.05, 4.69) is 51.5 Å². The fourth-order valence-corrected chi connectivity index (χ4v) is 3.08. The first-order valence-corrected chi connectivity index (χ1v) is 7.75. The van der Waals surface area contributed by atoms with E-state index < -0.39 is 0 Å². The zero-order valence-corrected chi connectivity index (χ0v) is 12.9. The molecule has 0 atom stereocenters. The van der Waals surface area contributed by atoms with E-state index in [1.165, 1.54) is 4.90 Å². The maximum atomic E-state index is 5.59. The number of benzene rings is 1. The van der Waals surface area contributed by atoms with Gasteiger partial charge in [0, 0.05) is 23.9 Å². The van der Waals surface area contributed by atoms with E-state index in [4.69, 9.17) is 5.73 Å². The Labute approximate surface area is 120 Å². The van der Waals surface area contributed by atoms with Crippen molar-refractivity contribution < 1.29 is 0 Å². The molecular weight excluding hydrogens is 310 g/mol. The summed E-state index contributed by atoms with van der Waals surface area (Å²) in [5.41, 5.74) is 8.88. The van der Waals surface area contributed by atoms with Crippen LogP contribution in [-0.2, 0) is 13.5 Å². The van der Waals surface area contributed by atoms with Gasteiger partial charge in [0.1, 0.15) is 0 Å². The molecule has 0 aliphatic rings. The molecule has 0 fully saturated rings. The molecule has 0 unspecified atom stereocenters. The molecule has 0 amide bonds. The second kappa shape index (κ2) is 5.91. The smallest absolute Gasteiger partial charge is 0.0824 e. The van der Waals surface area contributed by atoms with E-state index >= 15 is 0 Å². The van der Waals surface area contributed by atoms with Crippen LogP contribution in [0.15, 0.2) is 33.6 Å². The first-order chi connectivity index (χ1) is 8.67. The van der Waals surface area contributed by atoms with Crippen LogP contribution in [0.5, 0.6) is 0 Å². The number of thioether (sulfide) groups is 1. The SMILES string of the molecule is CSc1ccc(-c2c(Br)c(CCN)nn2C)cc1. The predicted octanol–water partition coefficient (Wildman–Crippen LogP) is 3.07. The van der Waals surface area contributed by atoms with E-state index in [-0.39, 0.29) is 0 Å². The second-order valence-corrected chi connectivity index (χ2v) is 5.67. The minimum absolute atomic E-state index is 0.612. The highest BCUT2D eigenvalue weighted by molar-refractivity contribution is 9.10. The van der Waals surface area contributed by atoms with Crippen LogP contribution in [0.2, 0.25) is 0 Å². The standard InChI is InChI=1S/C13H16BrN3S/c1-17-13(12(14)11(16-17)7-8-15)9-3-5-10(18-2)6-4-9/h3-6H,7-8,15H2,1-2H3. The Kier molecular flexibility index (Phi) is 4.48. The molecule has 18 heavy (non-hydrogen) atoms. The Hall–Kier alpha value is -0.780. The summed E-state index contributed by atoms with van der Waals surface area (Å²) < 4.78 is 2.95. The lowest BCUT2D eigenvalue weighted by Crippen LogP contribution is -2.04. The molecule has 1 aromatic carbocycles. The van der Waals surface area contributed by atoms with Crippen LogP contribution in [-0.4, -0.2) is 22.6 Å². The third kappa shape index (κ3) is 2.63. The van der Waals surface area contributed by atoms with Gasteiger partial charge in [-0.3, -0.25) is 4.68 Å². The third-order valence-corrected chi connectivity index (χ3v) is 4.38. The van der Waals surface area contributed by atoms with E-state index in [1.54, 1.807) is 11.8 Å². The van der Waals surface area contributed by atoms with Crippen molar-refractivity contribution in [2.45, 2.75) is 11.3 Å². The number of hydrogen-bond donors (Lipinski definition) is 1. The number of nitrogens with two attached hydrogens (primary N) is 1. The predicted molar refractivity (Wildman–Crippen MR) is 80.9 cm³/mol. The summed E-state index contributed by atoms with van der Waals surface area (Å²) in [6.45, 7) is 0.612. The van der Waals surface area contributed by atoms with Gasteiger partial charge in [-0.15, -0.1) is 11.8 Å². The minimum atomic E-state index is 0.612. The van der Waals surface area contributed by atoms with Crippen molar-refractivity contribution in [2.75, 3.05) is 12.8 Å². The van der Waals surface area contributed by atoms with Gasteiger partial charge in [0.15, 0.2) is 0 Å². The van der Waals surface area contributed by atoms with Gasteiger partial charge in [0.25, 0.3) is 0 Å². The van der Waals surface area contributed by atoms with Gasteiger partial charge < -0.3 is 5.73 Å². The first-order valence-electron chi connectivity index (χ1n) is 5.73. The summed E-state index contributed by atoms with van der Waals surface area (Å²) in [7, 11) is 1.96. The Bertz CT molecular complexity index is 534. The topological polar surface area (TPSA) is 43.8 Å². The molecule has 0 spiro atoms. The number of halogens is 1. The molecule has 0 saturated heterocycles. The highest BCUT2D eigenvalue weighted by atomic mass is 79.9. The highest BCUT2D eigenvalue weighted by Crippen LogP contribution is 2.31. The van der Waals surface area contributed by atoms with Crippen molar-refractivity contribution in [2.24, 2.45) is 12.8 Å². The maximum absolute atomic E-state index is 5.59. The normalized spacial score (nSPS) is 10.9. The maximum Gasteiger partial charge on any atom is 0.0824 e. The van der Waals surface area contributed by atoms with Crippen LogP contribution in [0.25, 0.3) is 11.3 Å². The zero-order chi connectivity index (χ0) is 13.1. The molecule has 0 aliphatic carbocycles. The lowest BCUT2D eigenvalue weighted by atomic mass is 10.1. The Morgan fingerprint density at radius 3 is 2.56 bits per heavy atom. The fraction of sp³-hybridized carbons (Fsp3) is 0.308. The number of aromatic nitrogens is 2. The summed E-state index contributed by atoms with van der Waals surface area (Å²) in [5, 5.41) is 4.50. The average molecular weight is 326 g/mol. The molecule has 1 aromatic heterocycles. The lowest BCUT2D eigenvalue weighted by molar-refractivity contribution is 0.745. The molecule has 0 radical (unpaired) electrons. The number of hydrogen-bond acceptors (Lipinski definition) is 3. The number of aryl methyl sites for hydroxylation is 1. The highest BCUT2D eigenvalue weighted by Gasteiger charge is 2.14. The second-order valence-electron chi connectivity index (χ2n) is 4.00. The van der Waals surface area contributed by atoms with Crippen LogP contribution in [0, 0.1) is 0 Å². The molecule has 2 rings (SSSR count). The molecule has 0 bridgehead atoms. The molecule has 1 heterocycles. The van der Waals surface area contributed by atoms with Gasteiger partial charge in [-0.1, -0.05) is 12.1 Å². The van der Waals surface area contributed by atoms with Gasteiger partial charge in [0.2, 0.25) is 0 Å². The Balaban J connectivity index is 2.43. The van der Waals surface area contributed by atoms with Crippen molar-refractivity contribution in [3.63, 3.8) is 0 Å². The van der Waals surface area contributed by atoms with E-state index in [0.717, 1.165) is 27.8 Å². The first kappa shape index (κ1) is 13.6. The van der Waals surface area contributed by atoms with E-state index in [9.17, 15) is 0 Å². The molecular formula is C13H16BrN3S. The molecule has 5 heteroatoms. The Morgan fingerprint density at radius 1 is 1.33 bits per heavy atom.